The first-order valence-electron chi connectivity index (χ1n) is 10.5. The largest absolute Gasteiger partial charge is 0.494 e. The second-order valence-electron chi connectivity index (χ2n) is 7.24. The van der Waals surface area contributed by atoms with E-state index in [9.17, 15) is 9.59 Å². The van der Waals surface area contributed by atoms with Crippen LogP contribution >= 0.6 is 0 Å². The molecule has 0 spiro atoms. The van der Waals surface area contributed by atoms with Crippen LogP contribution in [0.3, 0.4) is 0 Å². The molecule has 170 valence electrons. The third kappa shape index (κ3) is 6.67. The molecule has 7 heteroatoms. The van der Waals surface area contributed by atoms with Crippen LogP contribution in [0.4, 0.5) is 0 Å². The molecule has 3 rings (SSSR count). The van der Waals surface area contributed by atoms with Gasteiger partial charge in [0.2, 0.25) is 0 Å². The third-order valence-corrected chi connectivity index (χ3v) is 4.65. The van der Waals surface area contributed by atoms with Gasteiger partial charge in [-0.1, -0.05) is 24.6 Å². The van der Waals surface area contributed by atoms with Gasteiger partial charge < -0.3 is 14.2 Å². The number of rotatable bonds is 9. The Bertz CT molecular complexity index is 1120. The fraction of sp³-hybridized carbons (Fsp3) is 0.192. The second kappa shape index (κ2) is 11.5. The normalized spacial score (nSPS) is 10.6. The highest BCUT2D eigenvalue weighted by molar-refractivity contribution is 5.95. The number of carbonyl (C=O) groups is 2. The molecule has 0 aliphatic rings. The van der Waals surface area contributed by atoms with E-state index < -0.39 is 5.97 Å². The van der Waals surface area contributed by atoms with Gasteiger partial charge in [-0.3, -0.25) is 4.79 Å². The Balaban J connectivity index is 1.62. The van der Waals surface area contributed by atoms with Gasteiger partial charge in [-0.25, -0.2) is 10.2 Å². The minimum atomic E-state index is -0.512. The molecule has 0 bridgehead atoms. The number of hydrogen-bond donors (Lipinski definition) is 1. The maximum absolute atomic E-state index is 12.5. The lowest BCUT2D eigenvalue weighted by Gasteiger charge is -2.10. The first-order valence-corrected chi connectivity index (χ1v) is 10.5. The van der Waals surface area contributed by atoms with Crippen molar-refractivity contribution in [2.45, 2.75) is 20.3 Å². The van der Waals surface area contributed by atoms with E-state index in [1.54, 1.807) is 54.6 Å². The van der Waals surface area contributed by atoms with E-state index >= 15 is 0 Å². The Hall–Kier alpha value is -4.13. The number of hydrazone groups is 1. The maximum atomic E-state index is 12.5. The van der Waals surface area contributed by atoms with Crippen molar-refractivity contribution in [3.05, 3.63) is 89.0 Å². The Morgan fingerprint density at radius 3 is 2.30 bits per heavy atom. The van der Waals surface area contributed by atoms with Gasteiger partial charge in [0.05, 0.1) is 25.5 Å². The molecule has 0 radical (unpaired) electrons. The molecule has 0 aromatic heterocycles. The first-order chi connectivity index (χ1) is 16.0. The number of carbonyl (C=O) groups excluding carboxylic acids is 2. The van der Waals surface area contributed by atoms with Crippen LogP contribution in [0.25, 0.3) is 0 Å². The van der Waals surface area contributed by atoms with Crippen LogP contribution in [0.1, 0.15) is 45.2 Å². The standard InChI is InChI=1S/C26H26N2O5/c1-4-15-32-22-12-10-21(11-13-22)26(30)33-23-14-7-19(16-24(23)31-3)17-27-28-25(29)20-8-5-18(2)6-9-20/h5-14,16-17H,4,15H2,1-3H3,(H,28,29)/b27-17-. The van der Waals surface area contributed by atoms with Crippen molar-refractivity contribution in [3.63, 3.8) is 0 Å². The molecule has 0 unspecified atom stereocenters. The van der Waals surface area contributed by atoms with Gasteiger partial charge in [-0.15, -0.1) is 0 Å². The molecule has 7 nitrogen and oxygen atoms in total. The molecule has 3 aromatic rings. The highest BCUT2D eigenvalue weighted by Gasteiger charge is 2.13. The SMILES string of the molecule is CCCOc1ccc(C(=O)Oc2ccc(/C=N\NC(=O)c3ccc(C)cc3)cc2OC)cc1. The van der Waals surface area contributed by atoms with Crippen molar-refractivity contribution in [2.75, 3.05) is 13.7 Å². The number of benzene rings is 3. The van der Waals surface area contributed by atoms with Crippen LogP contribution < -0.4 is 19.6 Å². The molecular weight excluding hydrogens is 420 g/mol. The van der Waals surface area contributed by atoms with E-state index in [4.69, 9.17) is 14.2 Å². The highest BCUT2D eigenvalue weighted by Crippen LogP contribution is 2.28. The minimum Gasteiger partial charge on any atom is -0.494 e. The number of aryl methyl sites for hydroxylation is 1. The summed E-state index contributed by atoms with van der Waals surface area (Å²) in [6, 6.07) is 18.9. The number of amides is 1. The van der Waals surface area contributed by atoms with Gasteiger partial charge in [0.25, 0.3) is 5.91 Å². The first kappa shape index (κ1) is 23.5. The Kier molecular flexibility index (Phi) is 8.18. The van der Waals surface area contributed by atoms with Crippen molar-refractivity contribution in [3.8, 4) is 17.2 Å². The summed E-state index contributed by atoms with van der Waals surface area (Å²) in [5.74, 6) is 0.510. The van der Waals surface area contributed by atoms with Crippen molar-refractivity contribution >= 4 is 18.1 Å². The van der Waals surface area contributed by atoms with E-state index in [0.29, 0.717) is 34.8 Å². The fourth-order valence-corrected chi connectivity index (χ4v) is 2.85. The van der Waals surface area contributed by atoms with Crippen LogP contribution in [0.5, 0.6) is 17.2 Å². The quantitative estimate of drug-likeness (QED) is 0.221. The number of esters is 1. The molecular formula is C26H26N2O5. The van der Waals surface area contributed by atoms with Gasteiger partial charge >= 0.3 is 5.97 Å². The molecule has 0 aliphatic heterocycles. The average molecular weight is 447 g/mol. The molecule has 3 aromatic carbocycles. The molecule has 33 heavy (non-hydrogen) atoms. The zero-order valence-electron chi connectivity index (χ0n) is 18.8. The van der Waals surface area contributed by atoms with Crippen LogP contribution in [0, 0.1) is 6.92 Å². The summed E-state index contributed by atoms with van der Waals surface area (Å²) >= 11 is 0. The van der Waals surface area contributed by atoms with E-state index in [1.807, 2.05) is 26.0 Å². The molecule has 0 atom stereocenters. The molecule has 1 amide bonds. The van der Waals surface area contributed by atoms with Crippen LogP contribution in [0.2, 0.25) is 0 Å². The zero-order valence-corrected chi connectivity index (χ0v) is 18.8. The highest BCUT2D eigenvalue weighted by atomic mass is 16.6. The number of nitrogens with zero attached hydrogens (tertiary/aromatic N) is 1. The summed E-state index contributed by atoms with van der Waals surface area (Å²) < 4.78 is 16.4. The summed E-state index contributed by atoms with van der Waals surface area (Å²) in [4.78, 5) is 24.6. The fourth-order valence-electron chi connectivity index (χ4n) is 2.85. The van der Waals surface area contributed by atoms with E-state index in [2.05, 4.69) is 10.5 Å². The lowest BCUT2D eigenvalue weighted by Crippen LogP contribution is -2.17. The van der Waals surface area contributed by atoms with Crippen molar-refractivity contribution in [1.82, 2.24) is 5.43 Å². The Morgan fingerprint density at radius 2 is 1.64 bits per heavy atom. The lowest BCUT2D eigenvalue weighted by atomic mass is 10.1. The molecule has 0 heterocycles. The van der Waals surface area contributed by atoms with Gasteiger partial charge in [0, 0.05) is 5.56 Å². The smallest absolute Gasteiger partial charge is 0.343 e. The topological polar surface area (TPSA) is 86.2 Å². The summed E-state index contributed by atoms with van der Waals surface area (Å²) in [5, 5.41) is 3.98. The molecule has 0 saturated carbocycles. The minimum absolute atomic E-state index is 0.273. The summed E-state index contributed by atoms with van der Waals surface area (Å²) in [6.45, 7) is 4.59. The van der Waals surface area contributed by atoms with Crippen molar-refractivity contribution in [2.24, 2.45) is 5.10 Å². The number of hydrogen-bond acceptors (Lipinski definition) is 6. The zero-order chi connectivity index (χ0) is 23.6. The van der Waals surface area contributed by atoms with Gasteiger partial charge in [-0.05, 0) is 73.5 Å². The lowest BCUT2D eigenvalue weighted by molar-refractivity contribution is 0.0729. The van der Waals surface area contributed by atoms with Gasteiger partial charge in [0.15, 0.2) is 11.5 Å². The second-order valence-corrected chi connectivity index (χ2v) is 7.24. The number of ether oxygens (including phenoxy) is 3. The molecule has 0 fully saturated rings. The van der Waals surface area contributed by atoms with E-state index in [0.717, 1.165) is 12.0 Å². The predicted molar refractivity (Wildman–Crippen MR) is 126 cm³/mol. The molecule has 0 saturated heterocycles. The van der Waals surface area contributed by atoms with Crippen LogP contribution in [-0.2, 0) is 0 Å². The Morgan fingerprint density at radius 1 is 0.939 bits per heavy atom. The molecule has 1 N–H and O–H groups in total. The van der Waals surface area contributed by atoms with Crippen LogP contribution in [0.15, 0.2) is 71.8 Å². The van der Waals surface area contributed by atoms with E-state index in [-0.39, 0.29) is 11.7 Å². The predicted octanol–water partition coefficient (Wildman–Crippen LogP) is 4.78. The molecule has 0 aliphatic carbocycles. The third-order valence-electron chi connectivity index (χ3n) is 4.65. The van der Waals surface area contributed by atoms with E-state index in [1.165, 1.54) is 13.3 Å². The summed E-state index contributed by atoms with van der Waals surface area (Å²) in [7, 11) is 1.48. The monoisotopic (exact) mass is 446 g/mol. The maximum Gasteiger partial charge on any atom is 0.343 e. The Labute approximate surface area is 193 Å². The average Bonchev–Trinajstić information content (AvgIpc) is 2.84. The van der Waals surface area contributed by atoms with Crippen molar-refractivity contribution < 1.29 is 23.8 Å². The van der Waals surface area contributed by atoms with Crippen LogP contribution in [-0.4, -0.2) is 31.8 Å². The summed E-state index contributed by atoms with van der Waals surface area (Å²) in [5.41, 5.74) is 5.12. The summed E-state index contributed by atoms with van der Waals surface area (Å²) in [6.07, 6.45) is 2.39. The van der Waals surface area contributed by atoms with Gasteiger partial charge in [0.1, 0.15) is 5.75 Å². The number of methoxy groups -OCH3 is 1. The van der Waals surface area contributed by atoms with Gasteiger partial charge in [-0.2, -0.15) is 5.10 Å². The number of nitrogens with one attached hydrogen (secondary N) is 1. The van der Waals surface area contributed by atoms with Crippen molar-refractivity contribution in [1.29, 1.82) is 0 Å².